The Labute approximate surface area is 111 Å². The molecular weight excluding hydrogens is 242 g/mol. The normalized spacial score (nSPS) is 11.7. The zero-order valence-corrected chi connectivity index (χ0v) is 11.3. The summed E-state index contributed by atoms with van der Waals surface area (Å²) in [5, 5.41) is 9.59. The molecule has 0 radical (unpaired) electrons. The van der Waals surface area contributed by atoms with Crippen molar-refractivity contribution < 1.29 is 9.90 Å². The van der Waals surface area contributed by atoms with Crippen molar-refractivity contribution in [2.45, 2.75) is 27.3 Å². The number of hydrogen-bond donors (Lipinski definition) is 1. The number of hydrogen-bond acceptors (Lipinski definition) is 2. The van der Waals surface area contributed by atoms with E-state index in [-0.39, 0.29) is 11.0 Å². The summed E-state index contributed by atoms with van der Waals surface area (Å²) in [6.45, 7) is 6.86. The summed E-state index contributed by atoms with van der Waals surface area (Å²) in [5.41, 5.74) is 0.164. The van der Waals surface area contributed by atoms with Crippen LogP contribution in [0, 0.1) is 5.41 Å². The highest BCUT2D eigenvalue weighted by Crippen LogP contribution is 2.20. The molecule has 0 saturated carbocycles. The number of para-hydroxylation sites is 1. The quantitative estimate of drug-likeness (QED) is 0.902. The molecule has 0 aliphatic heterocycles. The largest absolute Gasteiger partial charge is 0.477 e. The highest BCUT2D eigenvalue weighted by atomic mass is 16.4. The first-order chi connectivity index (χ1) is 8.79. The summed E-state index contributed by atoms with van der Waals surface area (Å²) in [6, 6.07) is 7.11. The number of carboxylic acids is 1. The summed E-state index contributed by atoms with van der Waals surface area (Å²) in [7, 11) is 0. The Hall–Kier alpha value is -2.10. The summed E-state index contributed by atoms with van der Waals surface area (Å²) in [6.07, 6.45) is 1.44. The number of pyridine rings is 1. The van der Waals surface area contributed by atoms with E-state index in [1.54, 1.807) is 12.1 Å². The van der Waals surface area contributed by atoms with Crippen molar-refractivity contribution in [1.29, 1.82) is 0 Å². The molecule has 4 heteroatoms. The minimum Gasteiger partial charge on any atom is -0.477 e. The standard InChI is InChI=1S/C15H17NO3/c1-15(2,3)9-16-8-11(14(18)19)13(17)10-6-4-5-7-12(10)16/h4-8H,9H2,1-3H3,(H,18,19). The molecule has 0 fully saturated rings. The lowest BCUT2D eigenvalue weighted by molar-refractivity contribution is 0.0694. The smallest absolute Gasteiger partial charge is 0.341 e. The molecule has 0 bridgehead atoms. The molecule has 19 heavy (non-hydrogen) atoms. The van der Waals surface area contributed by atoms with Gasteiger partial charge in [0.15, 0.2) is 0 Å². The highest BCUT2D eigenvalue weighted by Gasteiger charge is 2.17. The lowest BCUT2D eigenvalue weighted by Gasteiger charge is -2.22. The van der Waals surface area contributed by atoms with Gasteiger partial charge in [0.25, 0.3) is 0 Å². The molecule has 2 rings (SSSR count). The lowest BCUT2D eigenvalue weighted by atomic mass is 9.96. The number of aromatic nitrogens is 1. The summed E-state index contributed by atoms with van der Waals surface area (Å²) in [5.74, 6) is -1.18. The van der Waals surface area contributed by atoms with Crippen molar-refractivity contribution in [1.82, 2.24) is 4.57 Å². The fourth-order valence-corrected chi connectivity index (χ4v) is 2.14. The molecule has 1 aromatic heterocycles. The molecule has 1 aromatic carbocycles. The monoisotopic (exact) mass is 259 g/mol. The van der Waals surface area contributed by atoms with Crippen molar-refractivity contribution in [3.63, 3.8) is 0 Å². The second kappa shape index (κ2) is 4.53. The molecule has 0 atom stereocenters. The van der Waals surface area contributed by atoms with Crippen LogP contribution in [-0.2, 0) is 6.54 Å². The Kier molecular flexibility index (Phi) is 3.18. The van der Waals surface area contributed by atoms with E-state index in [1.165, 1.54) is 6.20 Å². The van der Waals surface area contributed by atoms with Crippen LogP contribution in [0.4, 0.5) is 0 Å². The van der Waals surface area contributed by atoms with Crippen molar-refractivity contribution in [3.05, 3.63) is 46.2 Å². The topological polar surface area (TPSA) is 59.3 Å². The fourth-order valence-electron chi connectivity index (χ4n) is 2.14. The Morgan fingerprint density at radius 1 is 1.26 bits per heavy atom. The van der Waals surface area contributed by atoms with Crippen LogP contribution in [-0.4, -0.2) is 15.6 Å². The highest BCUT2D eigenvalue weighted by molar-refractivity contribution is 5.92. The fraction of sp³-hybridized carbons (Fsp3) is 0.333. The molecule has 0 aliphatic rings. The van der Waals surface area contributed by atoms with Gasteiger partial charge < -0.3 is 9.67 Å². The van der Waals surface area contributed by atoms with E-state index in [0.717, 1.165) is 5.52 Å². The van der Waals surface area contributed by atoms with Gasteiger partial charge in [-0.15, -0.1) is 0 Å². The Morgan fingerprint density at radius 3 is 2.47 bits per heavy atom. The third kappa shape index (κ3) is 2.67. The first-order valence-electron chi connectivity index (χ1n) is 6.15. The molecule has 2 aromatic rings. The summed E-state index contributed by atoms with van der Waals surface area (Å²) in [4.78, 5) is 23.3. The van der Waals surface area contributed by atoms with Crippen LogP contribution < -0.4 is 5.43 Å². The van der Waals surface area contributed by atoms with Gasteiger partial charge in [0.05, 0.1) is 5.52 Å². The maximum Gasteiger partial charge on any atom is 0.341 e. The molecule has 0 unspecified atom stereocenters. The molecule has 1 N–H and O–H groups in total. The molecule has 0 saturated heterocycles. The molecule has 100 valence electrons. The van der Waals surface area contributed by atoms with Crippen LogP contribution in [0.5, 0.6) is 0 Å². The van der Waals surface area contributed by atoms with Crippen LogP contribution in [0.25, 0.3) is 10.9 Å². The van der Waals surface area contributed by atoms with Crippen LogP contribution in [0.2, 0.25) is 0 Å². The zero-order chi connectivity index (χ0) is 14.2. The van der Waals surface area contributed by atoms with Gasteiger partial charge in [-0.2, -0.15) is 0 Å². The lowest BCUT2D eigenvalue weighted by Crippen LogP contribution is -2.22. The minimum atomic E-state index is -1.18. The van der Waals surface area contributed by atoms with Crippen molar-refractivity contribution in [3.8, 4) is 0 Å². The number of aromatic carboxylic acids is 1. The van der Waals surface area contributed by atoms with E-state index in [4.69, 9.17) is 5.11 Å². The van der Waals surface area contributed by atoms with Gasteiger partial charge in [0.2, 0.25) is 5.43 Å². The second-order valence-corrected chi connectivity index (χ2v) is 5.88. The zero-order valence-electron chi connectivity index (χ0n) is 11.3. The Balaban J connectivity index is 2.79. The number of fused-ring (bicyclic) bond motifs is 1. The van der Waals surface area contributed by atoms with Gasteiger partial charge in [-0.1, -0.05) is 32.9 Å². The van der Waals surface area contributed by atoms with E-state index < -0.39 is 11.4 Å². The van der Waals surface area contributed by atoms with E-state index in [2.05, 4.69) is 20.8 Å². The first-order valence-corrected chi connectivity index (χ1v) is 6.15. The van der Waals surface area contributed by atoms with Crippen molar-refractivity contribution in [2.75, 3.05) is 0 Å². The summed E-state index contributed by atoms with van der Waals surface area (Å²) >= 11 is 0. The Bertz CT molecular complexity index is 693. The molecule has 0 amide bonds. The predicted octanol–water partition coefficient (Wildman–Crippen LogP) is 2.75. The Morgan fingerprint density at radius 2 is 1.89 bits per heavy atom. The predicted molar refractivity (Wildman–Crippen MR) is 74.6 cm³/mol. The summed E-state index contributed by atoms with van der Waals surface area (Å²) < 4.78 is 1.85. The maximum atomic E-state index is 12.1. The number of carbonyl (C=O) groups is 1. The van der Waals surface area contributed by atoms with Crippen LogP contribution in [0.15, 0.2) is 35.3 Å². The van der Waals surface area contributed by atoms with Gasteiger partial charge in [-0.25, -0.2) is 4.79 Å². The minimum absolute atomic E-state index is 0.00634. The van der Waals surface area contributed by atoms with Gasteiger partial charge in [-0.3, -0.25) is 4.79 Å². The molecule has 0 spiro atoms. The van der Waals surface area contributed by atoms with Gasteiger partial charge in [-0.05, 0) is 17.5 Å². The average Bonchev–Trinajstić information content (AvgIpc) is 2.31. The number of benzene rings is 1. The number of carboxylic acid groups (broad SMARTS) is 1. The van der Waals surface area contributed by atoms with E-state index in [9.17, 15) is 9.59 Å². The first kappa shape index (κ1) is 13.3. The number of rotatable bonds is 2. The molecule has 0 aliphatic carbocycles. The van der Waals surface area contributed by atoms with Crippen LogP contribution >= 0.6 is 0 Å². The van der Waals surface area contributed by atoms with Crippen LogP contribution in [0.3, 0.4) is 0 Å². The molecule has 4 nitrogen and oxygen atoms in total. The van der Waals surface area contributed by atoms with Crippen molar-refractivity contribution >= 4 is 16.9 Å². The SMILES string of the molecule is CC(C)(C)Cn1cc(C(=O)O)c(=O)c2ccccc21. The van der Waals surface area contributed by atoms with Gasteiger partial charge >= 0.3 is 5.97 Å². The van der Waals surface area contributed by atoms with Crippen LogP contribution in [0.1, 0.15) is 31.1 Å². The van der Waals surface area contributed by atoms with E-state index in [0.29, 0.717) is 11.9 Å². The third-order valence-electron chi connectivity index (χ3n) is 2.86. The van der Waals surface area contributed by atoms with Crippen molar-refractivity contribution in [2.24, 2.45) is 5.41 Å². The van der Waals surface area contributed by atoms with E-state index in [1.807, 2.05) is 16.7 Å². The average molecular weight is 259 g/mol. The van der Waals surface area contributed by atoms with Gasteiger partial charge in [0, 0.05) is 18.1 Å². The molecular formula is C15H17NO3. The van der Waals surface area contributed by atoms with E-state index >= 15 is 0 Å². The number of nitrogens with zero attached hydrogens (tertiary/aromatic N) is 1. The second-order valence-electron chi connectivity index (χ2n) is 5.88. The third-order valence-corrected chi connectivity index (χ3v) is 2.86. The van der Waals surface area contributed by atoms with Gasteiger partial charge in [0.1, 0.15) is 5.56 Å². The maximum absolute atomic E-state index is 12.1. The molecule has 1 heterocycles.